The molecule has 2 N–H and O–H groups in total. The highest BCUT2D eigenvalue weighted by molar-refractivity contribution is 6.03. The fourth-order valence-electron chi connectivity index (χ4n) is 2.23. The molecule has 2 aromatic heterocycles. The predicted molar refractivity (Wildman–Crippen MR) is 90.2 cm³/mol. The molecule has 0 saturated carbocycles. The van der Waals surface area contributed by atoms with E-state index in [1.54, 1.807) is 48.6 Å². The molecule has 0 aliphatic carbocycles. The molecular weight excluding hydrogens is 326 g/mol. The second kappa shape index (κ2) is 8.13. The van der Waals surface area contributed by atoms with Gasteiger partial charge in [0.2, 0.25) is 0 Å². The maximum atomic E-state index is 12.2. The van der Waals surface area contributed by atoms with Crippen LogP contribution in [0.25, 0.3) is 0 Å². The molecule has 0 aromatic carbocycles. The number of hydrogen-bond acceptors (Lipinski definition) is 5. The number of imidazole rings is 1. The van der Waals surface area contributed by atoms with Crippen LogP contribution in [0.4, 0.5) is 5.69 Å². The van der Waals surface area contributed by atoms with Gasteiger partial charge in [0.15, 0.2) is 5.82 Å². The molecule has 0 fully saturated rings. The van der Waals surface area contributed by atoms with Crippen molar-refractivity contribution < 1.29 is 19.1 Å². The van der Waals surface area contributed by atoms with Gasteiger partial charge in [0.25, 0.3) is 11.8 Å². The first-order valence-electron chi connectivity index (χ1n) is 7.81. The van der Waals surface area contributed by atoms with Crippen molar-refractivity contribution in [2.45, 2.75) is 13.3 Å². The number of ether oxygens (including phenoxy) is 1. The van der Waals surface area contributed by atoms with Gasteiger partial charge in [0.1, 0.15) is 5.69 Å². The number of rotatable bonds is 7. The summed E-state index contributed by atoms with van der Waals surface area (Å²) in [6.07, 6.45) is 4.93. The zero-order valence-corrected chi connectivity index (χ0v) is 14.4. The summed E-state index contributed by atoms with van der Waals surface area (Å²) >= 11 is 0. The van der Waals surface area contributed by atoms with E-state index in [1.165, 1.54) is 6.20 Å². The van der Waals surface area contributed by atoms with Crippen molar-refractivity contribution in [2.24, 2.45) is 14.1 Å². The third-order valence-electron chi connectivity index (χ3n) is 3.44. The Morgan fingerprint density at radius 1 is 1.20 bits per heavy atom. The molecule has 25 heavy (non-hydrogen) atoms. The van der Waals surface area contributed by atoms with Gasteiger partial charge in [0.05, 0.1) is 18.7 Å². The number of aryl methyl sites for hydroxylation is 2. The molecule has 134 valence electrons. The lowest BCUT2D eigenvalue weighted by Crippen LogP contribution is -2.28. The summed E-state index contributed by atoms with van der Waals surface area (Å²) in [6.45, 7) is 2.21. The molecule has 0 aliphatic heterocycles. The Labute approximate surface area is 145 Å². The fraction of sp³-hybridized carbons (Fsp3) is 0.375. The van der Waals surface area contributed by atoms with Gasteiger partial charge < -0.3 is 24.5 Å². The molecule has 0 aliphatic rings. The topological polar surface area (TPSA) is 107 Å². The molecule has 0 unspecified atom stereocenters. The normalized spacial score (nSPS) is 10.4. The highest BCUT2D eigenvalue weighted by Crippen LogP contribution is 2.14. The average Bonchev–Trinajstić information content (AvgIpc) is 3.13. The summed E-state index contributed by atoms with van der Waals surface area (Å²) in [7, 11) is 3.41. The number of nitrogens with zero attached hydrogens (tertiary/aromatic N) is 3. The molecular formula is C16H21N5O4. The molecule has 0 radical (unpaired) electrons. The Hall–Kier alpha value is -3.10. The fourth-order valence-corrected chi connectivity index (χ4v) is 2.23. The van der Waals surface area contributed by atoms with E-state index < -0.39 is 0 Å². The minimum Gasteiger partial charge on any atom is -0.466 e. The number of hydrogen-bond donors (Lipinski definition) is 2. The van der Waals surface area contributed by atoms with E-state index in [4.69, 9.17) is 4.74 Å². The van der Waals surface area contributed by atoms with Gasteiger partial charge in [-0.3, -0.25) is 14.4 Å². The molecule has 2 aromatic rings. The van der Waals surface area contributed by atoms with Crippen molar-refractivity contribution in [2.75, 3.05) is 18.5 Å². The quantitative estimate of drug-likeness (QED) is 0.717. The summed E-state index contributed by atoms with van der Waals surface area (Å²) in [6, 6.07) is 1.56. The number of nitrogens with one attached hydrogen (secondary N) is 2. The number of carbonyl (C=O) groups excluding carboxylic acids is 3. The molecule has 2 amide bonds. The first-order chi connectivity index (χ1) is 11.9. The van der Waals surface area contributed by atoms with Crippen LogP contribution >= 0.6 is 0 Å². The van der Waals surface area contributed by atoms with Crippen molar-refractivity contribution in [3.63, 3.8) is 0 Å². The number of carbonyl (C=O) groups is 3. The van der Waals surface area contributed by atoms with Gasteiger partial charge in [-0.25, -0.2) is 4.98 Å². The molecule has 0 atom stereocenters. The summed E-state index contributed by atoms with van der Waals surface area (Å²) in [5, 5.41) is 5.34. The van der Waals surface area contributed by atoms with Gasteiger partial charge in [-0.05, 0) is 13.0 Å². The third-order valence-corrected chi connectivity index (χ3v) is 3.44. The lowest BCUT2D eigenvalue weighted by Gasteiger charge is -2.05. The van der Waals surface area contributed by atoms with Gasteiger partial charge in [-0.15, -0.1) is 0 Å². The predicted octanol–water partition coefficient (Wildman–Crippen LogP) is 0.694. The Morgan fingerprint density at radius 3 is 2.60 bits per heavy atom. The van der Waals surface area contributed by atoms with Crippen molar-refractivity contribution >= 4 is 23.5 Å². The van der Waals surface area contributed by atoms with Gasteiger partial charge in [-0.2, -0.15) is 0 Å². The molecule has 0 saturated heterocycles. The van der Waals surface area contributed by atoms with Crippen LogP contribution in [0.2, 0.25) is 0 Å². The number of esters is 1. The van der Waals surface area contributed by atoms with Gasteiger partial charge in [-0.1, -0.05) is 0 Å². The standard InChI is InChI=1S/C16H21N5O4/c1-4-25-13(22)5-6-18-15(23)12-9-11(10-21(12)3)19-16(24)14-17-7-8-20(14)2/h7-10H,4-6H2,1-3H3,(H,18,23)(H,19,24). The second-order valence-electron chi connectivity index (χ2n) is 5.35. The Balaban J connectivity index is 1.95. The van der Waals surface area contributed by atoms with E-state index >= 15 is 0 Å². The van der Waals surface area contributed by atoms with Crippen molar-refractivity contribution in [1.82, 2.24) is 19.4 Å². The first kappa shape index (κ1) is 18.2. The van der Waals surface area contributed by atoms with Gasteiger partial charge >= 0.3 is 5.97 Å². The maximum Gasteiger partial charge on any atom is 0.307 e. The summed E-state index contributed by atoms with van der Waals surface area (Å²) in [5.74, 6) is -0.807. The van der Waals surface area contributed by atoms with E-state index in [1.807, 2.05) is 0 Å². The molecule has 2 rings (SSSR count). The summed E-state index contributed by atoms with van der Waals surface area (Å²) < 4.78 is 7.98. The van der Waals surface area contributed by atoms with Crippen LogP contribution in [0.1, 0.15) is 34.5 Å². The Bertz CT molecular complexity index is 777. The van der Waals surface area contributed by atoms with Crippen LogP contribution in [0, 0.1) is 0 Å². The smallest absolute Gasteiger partial charge is 0.307 e. The zero-order chi connectivity index (χ0) is 18.4. The third kappa shape index (κ3) is 4.69. The number of amides is 2. The number of aromatic nitrogens is 3. The van der Waals surface area contributed by atoms with Crippen molar-refractivity contribution in [3.05, 3.63) is 36.2 Å². The number of anilines is 1. The van der Waals surface area contributed by atoms with Gasteiger partial charge in [0, 0.05) is 39.2 Å². The van der Waals surface area contributed by atoms with E-state index in [0.29, 0.717) is 18.0 Å². The van der Waals surface area contributed by atoms with Crippen molar-refractivity contribution in [1.29, 1.82) is 0 Å². The molecule has 9 nitrogen and oxygen atoms in total. The van der Waals surface area contributed by atoms with Crippen LogP contribution < -0.4 is 10.6 Å². The Kier molecular flexibility index (Phi) is 5.93. The van der Waals surface area contributed by atoms with Crippen LogP contribution in [0.15, 0.2) is 24.7 Å². The second-order valence-corrected chi connectivity index (χ2v) is 5.35. The monoisotopic (exact) mass is 347 g/mol. The maximum absolute atomic E-state index is 12.2. The van der Waals surface area contributed by atoms with E-state index in [-0.39, 0.29) is 36.6 Å². The molecule has 9 heteroatoms. The SMILES string of the molecule is CCOC(=O)CCNC(=O)c1cc(NC(=O)c2nccn2C)cn1C. The largest absolute Gasteiger partial charge is 0.466 e. The van der Waals surface area contributed by atoms with Crippen LogP contribution in [0.5, 0.6) is 0 Å². The Morgan fingerprint density at radius 2 is 1.96 bits per heavy atom. The van der Waals surface area contributed by atoms with E-state index in [2.05, 4.69) is 15.6 Å². The highest BCUT2D eigenvalue weighted by atomic mass is 16.5. The molecule has 2 heterocycles. The van der Waals surface area contributed by atoms with E-state index in [9.17, 15) is 14.4 Å². The van der Waals surface area contributed by atoms with Crippen LogP contribution in [0.3, 0.4) is 0 Å². The van der Waals surface area contributed by atoms with Crippen molar-refractivity contribution in [3.8, 4) is 0 Å². The first-order valence-corrected chi connectivity index (χ1v) is 7.81. The average molecular weight is 347 g/mol. The van der Waals surface area contributed by atoms with E-state index in [0.717, 1.165) is 0 Å². The minimum absolute atomic E-state index is 0.104. The lowest BCUT2D eigenvalue weighted by atomic mass is 10.3. The summed E-state index contributed by atoms with van der Waals surface area (Å²) in [4.78, 5) is 39.5. The van der Waals surface area contributed by atoms with Crippen LogP contribution in [-0.2, 0) is 23.6 Å². The summed E-state index contributed by atoms with van der Waals surface area (Å²) in [5.41, 5.74) is 0.838. The lowest BCUT2D eigenvalue weighted by molar-refractivity contribution is -0.142. The molecule has 0 bridgehead atoms. The molecule has 0 spiro atoms. The van der Waals surface area contributed by atoms with Crippen LogP contribution in [-0.4, -0.2) is 45.1 Å². The highest BCUT2D eigenvalue weighted by Gasteiger charge is 2.16. The zero-order valence-electron chi connectivity index (χ0n) is 14.4. The minimum atomic E-state index is -0.368.